The molecular formula is C38H46F2N2O3S. The summed E-state index contributed by atoms with van der Waals surface area (Å²) in [5, 5.41) is 11.2. The maximum absolute atomic E-state index is 15.1. The molecular weight excluding hydrogens is 602 g/mol. The molecule has 2 aliphatic rings. The smallest absolute Gasteiger partial charge is 0.254 e. The highest BCUT2D eigenvalue weighted by molar-refractivity contribution is 7.98. The Hall–Kier alpha value is -3.23. The summed E-state index contributed by atoms with van der Waals surface area (Å²) in [7, 11) is 0. The number of halogens is 2. The number of carbonyl (C=O) groups excluding carboxylic acids is 2. The molecule has 46 heavy (non-hydrogen) atoms. The van der Waals surface area contributed by atoms with Crippen LogP contribution in [0.2, 0.25) is 0 Å². The summed E-state index contributed by atoms with van der Waals surface area (Å²) in [5.41, 5.74) is 2.30. The third-order valence-electron chi connectivity index (χ3n) is 9.68. The van der Waals surface area contributed by atoms with Crippen LogP contribution >= 0.6 is 11.8 Å². The monoisotopic (exact) mass is 648 g/mol. The van der Waals surface area contributed by atoms with Crippen molar-refractivity contribution in [1.29, 1.82) is 0 Å². The van der Waals surface area contributed by atoms with Crippen LogP contribution in [0.5, 0.6) is 0 Å². The van der Waals surface area contributed by atoms with Gasteiger partial charge in [0.05, 0.1) is 6.10 Å². The van der Waals surface area contributed by atoms with Gasteiger partial charge < -0.3 is 14.9 Å². The Morgan fingerprint density at radius 1 is 0.848 bits per heavy atom. The van der Waals surface area contributed by atoms with Crippen molar-refractivity contribution in [3.05, 3.63) is 100 Å². The van der Waals surface area contributed by atoms with Gasteiger partial charge in [-0.25, -0.2) is 8.78 Å². The minimum absolute atomic E-state index is 0.0213. The standard InChI is InChI=1S/C38H46F2N2O3S/c1-36(2,3)26-20-25(21-27(22-26)37(4,5)6)34(44)41-18-15-38(16-19-41)24-42(17-14-32(38)43)35(45)29-12-13-31(39)33(40)30(29)23-46-28-10-8-7-9-11-28/h7-13,20-22,32,43H,14-19,23-24H2,1-6H3. The third kappa shape index (κ3) is 7.18. The van der Waals surface area contributed by atoms with Crippen molar-refractivity contribution in [3.8, 4) is 0 Å². The predicted octanol–water partition coefficient (Wildman–Crippen LogP) is 7.98. The molecule has 0 radical (unpaired) electrons. The van der Waals surface area contributed by atoms with Gasteiger partial charge in [-0.15, -0.1) is 11.8 Å². The summed E-state index contributed by atoms with van der Waals surface area (Å²) in [6.45, 7) is 14.4. The van der Waals surface area contributed by atoms with E-state index in [9.17, 15) is 19.1 Å². The fourth-order valence-corrected chi connectivity index (χ4v) is 7.49. The van der Waals surface area contributed by atoms with Crippen molar-refractivity contribution < 1.29 is 23.5 Å². The number of hydrogen-bond acceptors (Lipinski definition) is 4. The maximum Gasteiger partial charge on any atom is 0.254 e. The van der Waals surface area contributed by atoms with Crippen LogP contribution < -0.4 is 0 Å². The Kier molecular flexibility index (Phi) is 9.72. The molecule has 2 aliphatic heterocycles. The number of piperidine rings is 2. The zero-order chi connectivity index (χ0) is 33.4. The van der Waals surface area contributed by atoms with Gasteiger partial charge in [-0.3, -0.25) is 9.59 Å². The lowest BCUT2D eigenvalue weighted by molar-refractivity contribution is -0.0676. The number of aliphatic hydroxyl groups excluding tert-OH is 1. The number of hydrogen-bond donors (Lipinski definition) is 1. The lowest BCUT2D eigenvalue weighted by Gasteiger charge is -2.50. The molecule has 5 nitrogen and oxygen atoms in total. The quantitative estimate of drug-likeness (QED) is 0.285. The molecule has 2 heterocycles. The van der Waals surface area contributed by atoms with Crippen molar-refractivity contribution in [1.82, 2.24) is 9.80 Å². The van der Waals surface area contributed by atoms with Crippen molar-refractivity contribution >= 4 is 23.6 Å². The predicted molar refractivity (Wildman–Crippen MR) is 180 cm³/mol. The first-order chi connectivity index (χ1) is 21.6. The van der Waals surface area contributed by atoms with Crippen LogP contribution in [-0.2, 0) is 16.6 Å². The van der Waals surface area contributed by atoms with Crippen LogP contribution in [0.25, 0.3) is 0 Å². The van der Waals surface area contributed by atoms with Gasteiger partial charge in [0.2, 0.25) is 0 Å². The van der Waals surface area contributed by atoms with Gasteiger partial charge in [0, 0.05) is 58.9 Å². The Labute approximate surface area is 276 Å². The minimum Gasteiger partial charge on any atom is -0.392 e. The van der Waals surface area contributed by atoms with Crippen LogP contribution in [0, 0.1) is 17.0 Å². The fraction of sp³-hybridized carbons (Fsp3) is 0.474. The summed E-state index contributed by atoms with van der Waals surface area (Å²) >= 11 is 1.35. The van der Waals surface area contributed by atoms with Crippen molar-refractivity contribution in [3.63, 3.8) is 0 Å². The van der Waals surface area contributed by atoms with Gasteiger partial charge in [-0.05, 0) is 77.6 Å². The highest BCUT2D eigenvalue weighted by Gasteiger charge is 2.47. The Morgan fingerprint density at radius 2 is 1.46 bits per heavy atom. The molecule has 1 N–H and O–H groups in total. The van der Waals surface area contributed by atoms with E-state index in [2.05, 4.69) is 47.6 Å². The molecule has 2 fully saturated rings. The van der Waals surface area contributed by atoms with E-state index in [1.165, 1.54) is 17.8 Å². The molecule has 3 aromatic carbocycles. The molecule has 2 saturated heterocycles. The number of amides is 2. The summed E-state index contributed by atoms with van der Waals surface area (Å²) < 4.78 is 29.4. The fourth-order valence-electron chi connectivity index (χ4n) is 6.55. The van der Waals surface area contributed by atoms with Crippen LogP contribution in [-0.4, -0.2) is 59.0 Å². The van der Waals surface area contributed by atoms with Gasteiger partial charge in [-0.2, -0.15) is 0 Å². The number of thioether (sulfide) groups is 1. The maximum atomic E-state index is 15.1. The first-order valence-electron chi connectivity index (χ1n) is 16.2. The zero-order valence-electron chi connectivity index (χ0n) is 27.8. The number of rotatable bonds is 5. The van der Waals surface area contributed by atoms with Crippen molar-refractivity contribution in [2.45, 2.75) is 88.4 Å². The van der Waals surface area contributed by atoms with Gasteiger partial charge in [0.25, 0.3) is 11.8 Å². The van der Waals surface area contributed by atoms with E-state index in [0.29, 0.717) is 51.0 Å². The molecule has 0 aliphatic carbocycles. The van der Waals surface area contributed by atoms with E-state index in [1.54, 1.807) is 4.90 Å². The molecule has 1 spiro atoms. The third-order valence-corrected chi connectivity index (χ3v) is 10.7. The van der Waals surface area contributed by atoms with Gasteiger partial charge in [0.1, 0.15) is 0 Å². The van der Waals surface area contributed by atoms with E-state index in [0.717, 1.165) is 22.1 Å². The Balaban J connectivity index is 1.32. The number of nitrogens with zero attached hydrogens (tertiary/aromatic N) is 2. The minimum atomic E-state index is -1.00. The number of aliphatic hydroxyl groups is 1. The molecule has 1 atom stereocenters. The van der Waals surface area contributed by atoms with E-state index >= 15 is 4.39 Å². The lowest BCUT2D eigenvalue weighted by Crippen LogP contribution is -2.58. The second kappa shape index (κ2) is 13.1. The molecule has 2 amide bonds. The van der Waals surface area contributed by atoms with Crippen molar-refractivity contribution in [2.75, 3.05) is 26.2 Å². The van der Waals surface area contributed by atoms with Gasteiger partial charge in [-0.1, -0.05) is 65.8 Å². The summed E-state index contributed by atoms with van der Waals surface area (Å²) in [5.74, 6) is -2.25. The summed E-state index contributed by atoms with van der Waals surface area (Å²) in [4.78, 5) is 32.2. The second-order valence-electron chi connectivity index (χ2n) is 15.0. The number of likely N-dealkylation sites (tertiary alicyclic amines) is 2. The van der Waals surface area contributed by atoms with Crippen LogP contribution in [0.3, 0.4) is 0 Å². The zero-order valence-corrected chi connectivity index (χ0v) is 28.6. The molecule has 0 aromatic heterocycles. The molecule has 0 bridgehead atoms. The molecule has 5 rings (SSSR count). The first-order valence-corrected chi connectivity index (χ1v) is 17.1. The van der Waals surface area contributed by atoms with Crippen LogP contribution in [0.1, 0.15) is 98.2 Å². The Bertz CT molecular complexity index is 1560. The van der Waals surface area contributed by atoms with E-state index in [1.807, 2.05) is 47.4 Å². The Morgan fingerprint density at radius 3 is 2.04 bits per heavy atom. The first kappa shape index (κ1) is 34.1. The average molecular weight is 649 g/mol. The van der Waals surface area contributed by atoms with Gasteiger partial charge in [0.15, 0.2) is 11.6 Å². The second-order valence-corrected chi connectivity index (χ2v) is 16.0. The molecule has 8 heteroatoms. The molecule has 3 aromatic rings. The highest BCUT2D eigenvalue weighted by atomic mass is 32.2. The molecule has 0 saturated carbocycles. The van der Waals surface area contributed by atoms with Crippen molar-refractivity contribution in [2.24, 2.45) is 5.41 Å². The lowest BCUT2D eigenvalue weighted by atomic mass is 9.70. The molecule has 246 valence electrons. The highest BCUT2D eigenvalue weighted by Crippen LogP contribution is 2.41. The summed E-state index contributed by atoms with van der Waals surface area (Å²) in [6.07, 6.45) is 0.857. The summed E-state index contributed by atoms with van der Waals surface area (Å²) in [6, 6.07) is 18.0. The SMILES string of the molecule is CC(C)(C)c1cc(C(=O)N2CCC3(CC2)CN(C(=O)c2ccc(F)c(F)c2CSc2ccccc2)CCC3O)cc(C(C)(C)C)c1. The largest absolute Gasteiger partial charge is 0.392 e. The van der Waals surface area contributed by atoms with E-state index in [4.69, 9.17) is 0 Å². The molecule has 1 unspecified atom stereocenters. The number of benzene rings is 3. The number of carbonyl (C=O) groups is 2. The van der Waals surface area contributed by atoms with E-state index in [-0.39, 0.29) is 39.5 Å². The average Bonchev–Trinajstić information content (AvgIpc) is 3.02. The van der Waals surface area contributed by atoms with Crippen LogP contribution in [0.4, 0.5) is 8.78 Å². The topological polar surface area (TPSA) is 60.9 Å². The normalized spacial score (nSPS) is 18.6. The van der Waals surface area contributed by atoms with E-state index < -0.39 is 23.2 Å². The van der Waals surface area contributed by atoms with Gasteiger partial charge >= 0.3 is 0 Å². The van der Waals surface area contributed by atoms with Crippen LogP contribution in [0.15, 0.2) is 65.6 Å².